The largest absolute Gasteiger partial charge is 0.332 e. The number of nitrogens with zero attached hydrogens (tertiary/aromatic N) is 2. The molecule has 0 saturated carbocycles. The minimum atomic E-state index is -1.69. The molecule has 0 unspecified atom stereocenters. The number of hydrogen-bond donors (Lipinski definition) is 1. The van der Waals surface area contributed by atoms with Gasteiger partial charge in [0.15, 0.2) is 17.5 Å². The van der Waals surface area contributed by atoms with E-state index >= 15 is 0 Å². The van der Waals surface area contributed by atoms with E-state index < -0.39 is 41.5 Å². The number of benzene rings is 2. The summed E-state index contributed by atoms with van der Waals surface area (Å²) in [6.45, 7) is -0.433. The molecule has 0 atom stereocenters. The topological polar surface area (TPSA) is 73.2 Å². The smallest absolute Gasteiger partial charge is 0.254 e. The zero-order valence-corrected chi connectivity index (χ0v) is 13.0. The Balaban J connectivity index is 2.03. The Morgan fingerprint density at radius 2 is 1.72 bits per heavy atom. The first kappa shape index (κ1) is 18.0. The average molecular weight is 347 g/mol. The van der Waals surface area contributed by atoms with Crippen molar-refractivity contribution in [3.05, 3.63) is 65.0 Å². The number of halogens is 3. The molecule has 0 radical (unpaired) electrons. The first-order valence-electron chi connectivity index (χ1n) is 7.02. The predicted molar refractivity (Wildman–Crippen MR) is 83.1 cm³/mol. The number of anilines is 1. The quantitative estimate of drug-likeness (QED) is 0.864. The maximum atomic E-state index is 13.5. The molecule has 25 heavy (non-hydrogen) atoms. The van der Waals surface area contributed by atoms with Crippen LogP contribution in [0, 0.1) is 28.8 Å². The van der Waals surface area contributed by atoms with Crippen LogP contribution in [0.4, 0.5) is 18.9 Å². The highest BCUT2D eigenvalue weighted by Crippen LogP contribution is 2.19. The molecule has 2 rings (SSSR count). The summed E-state index contributed by atoms with van der Waals surface area (Å²) in [4.78, 5) is 25.1. The fourth-order valence-corrected chi connectivity index (χ4v) is 2.01. The van der Waals surface area contributed by atoms with Gasteiger partial charge >= 0.3 is 0 Å². The zero-order valence-electron chi connectivity index (χ0n) is 13.0. The molecule has 0 heterocycles. The van der Waals surface area contributed by atoms with Gasteiger partial charge in [-0.2, -0.15) is 5.26 Å². The van der Waals surface area contributed by atoms with Crippen LogP contribution in [0.25, 0.3) is 0 Å². The predicted octanol–water partition coefficient (Wildman–Crippen LogP) is 2.69. The Morgan fingerprint density at radius 3 is 2.32 bits per heavy atom. The van der Waals surface area contributed by atoms with Crippen LogP contribution in [-0.2, 0) is 4.79 Å². The van der Waals surface area contributed by atoms with E-state index in [0.29, 0.717) is 11.6 Å². The molecule has 0 bridgehead atoms. The van der Waals surface area contributed by atoms with E-state index in [1.807, 2.05) is 6.07 Å². The third-order valence-corrected chi connectivity index (χ3v) is 3.30. The minimum Gasteiger partial charge on any atom is -0.332 e. The van der Waals surface area contributed by atoms with Crippen molar-refractivity contribution >= 4 is 17.5 Å². The van der Waals surface area contributed by atoms with Crippen molar-refractivity contribution in [3.8, 4) is 6.07 Å². The number of carbonyl (C=O) groups is 2. The van der Waals surface area contributed by atoms with Crippen molar-refractivity contribution in [2.45, 2.75) is 0 Å². The molecule has 0 spiro atoms. The first-order chi connectivity index (χ1) is 11.8. The van der Waals surface area contributed by atoms with Gasteiger partial charge in [-0.05, 0) is 36.4 Å². The van der Waals surface area contributed by atoms with Crippen LogP contribution in [0.5, 0.6) is 0 Å². The number of rotatable bonds is 4. The number of carbonyl (C=O) groups excluding carboxylic acids is 2. The van der Waals surface area contributed by atoms with Crippen molar-refractivity contribution in [1.82, 2.24) is 4.90 Å². The van der Waals surface area contributed by atoms with Gasteiger partial charge in [-0.3, -0.25) is 9.59 Å². The standard InChI is InChI=1S/C17H12F3N3O2/c1-23(17(25)11-4-2-10(8-21)3-5-11)9-14(24)22-13-7-6-12(18)15(19)16(13)20/h2-7H,9H2,1H3,(H,22,24). The molecule has 128 valence electrons. The van der Waals surface area contributed by atoms with E-state index in [0.717, 1.165) is 11.0 Å². The van der Waals surface area contributed by atoms with Crippen molar-refractivity contribution in [1.29, 1.82) is 5.26 Å². The third kappa shape index (κ3) is 4.14. The highest BCUT2D eigenvalue weighted by Gasteiger charge is 2.18. The van der Waals surface area contributed by atoms with E-state index in [2.05, 4.69) is 5.32 Å². The highest BCUT2D eigenvalue weighted by atomic mass is 19.2. The van der Waals surface area contributed by atoms with Gasteiger partial charge in [0.2, 0.25) is 5.91 Å². The molecule has 2 aromatic carbocycles. The van der Waals surface area contributed by atoms with Crippen LogP contribution in [0.15, 0.2) is 36.4 Å². The first-order valence-corrected chi connectivity index (χ1v) is 7.02. The van der Waals surface area contributed by atoms with Gasteiger partial charge in [0, 0.05) is 12.6 Å². The maximum Gasteiger partial charge on any atom is 0.254 e. The Bertz CT molecular complexity index is 861. The molecule has 0 fully saturated rings. The summed E-state index contributed by atoms with van der Waals surface area (Å²) < 4.78 is 39.5. The third-order valence-electron chi connectivity index (χ3n) is 3.30. The fourth-order valence-electron chi connectivity index (χ4n) is 2.01. The van der Waals surface area contributed by atoms with Crippen molar-refractivity contribution in [2.24, 2.45) is 0 Å². The number of hydrogen-bond acceptors (Lipinski definition) is 3. The van der Waals surface area contributed by atoms with Gasteiger partial charge in [-0.1, -0.05) is 0 Å². The molecule has 0 aliphatic carbocycles. The SMILES string of the molecule is CN(CC(=O)Nc1ccc(F)c(F)c1F)C(=O)c1ccc(C#N)cc1. The van der Waals surface area contributed by atoms with Gasteiger partial charge in [0.25, 0.3) is 5.91 Å². The van der Waals surface area contributed by atoms with Gasteiger partial charge in [-0.15, -0.1) is 0 Å². The number of likely N-dealkylation sites (N-methyl/N-ethyl adjacent to an activating group) is 1. The van der Waals surface area contributed by atoms with E-state index in [-0.39, 0.29) is 5.56 Å². The van der Waals surface area contributed by atoms with Gasteiger partial charge < -0.3 is 10.2 Å². The van der Waals surface area contributed by atoms with E-state index in [4.69, 9.17) is 5.26 Å². The Morgan fingerprint density at radius 1 is 1.08 bits per heavy atom. The summed E-state index contributed by atoms with van der Waals surface area (Å²) >= 11 is 0. The second kappa shape index (κ2) is 7.49. The lowest BCUT2D eigenvalue weighted by atomic mass is 10.1. The van der Waals surface area contributed by atoms with Crippen molar-refractivity contribution in [2.75, 3.05) is 18.9 Å². The molecule has 8 heteroatoms. The van der Waals surface area contributed by atoms with Crippen molar-refractivity contribution in [3.63, 3.8) is 0 Å². The van der Waals surface area contributed by atoms with E-state index in [1.165, 1.54) is 31.3 Å². The minimum absolute atomic E-state index is 0.258. The summed E-state index contributed by atoms with van der Waals surface area (Å²) in [7, 11) is 1.35. The Hall–Kier alpha value is -3.34. The van der Waals surface area contributed by atoms with Gasteiger partial charge in [0.1, 0.15) is 0 Å². The molecular formula is C17H12F3N3O2. The zero-order chi connectivity index (χ0) is 18.6. The molecule has 0 aliphatic rings. The molecule has 0 aromatic heterocycles. The Labute approximate surface area is 141 Å². The molecule has 1 N–H and O–H groups in total. The van der Waals surface area contributed by atoms with E-state index in [1.54, 1.807) is 0 Å². The van der Waals surface area contributed by atoms with Crippen LogP contribution in [0.3, 0.4) is 0 Å². The van der Waals surface area contributed by atoms with Crippen LogP contribution in [-0.4, -0.2) is 30.3 Å². The van der Waals surface area contributed by atoms with Crippen LogP contribution in [0.2, 0.25) is 0 Å². The maximum absolute atomic E-state index is 13.5. The van der Waals surface area contributed by atoms with Crippen LogP contribution in [0.1, 0.15) is 15.9 Å². The van der Waals surface area contributed by atoms with E-state index in [9.17, 15) is 22.8 Å². The summed E-state index contributed by atoms with van der Waals surface area (Å²) in [5.74, 6) is -5.86. The molecular weight excluding hydrogens is 335 g/mol. The highest BCUT2D eigenvalue weighted by molar-refractivity contribution is 5.99. The van der Waals surface area contributed by atoms with Gasteiger partial charge in [-0.25, -0.2) is 13.2 Å². The number of nitrogens with one attached hydrogen (secondary N) is 1. The lowest BCUT2D eigenvalue weighted by Gasteiger charge is -2.17. The van der Waals surface area contributed by atoms with Crippen molar-refractivity contribution < 1.29 is 22.8 Å². The Kier molecular flexibility index (Phi) is 5.39. The summed E-state index contributed by atoms with van der Waals surface area (Å²) in [5.41, 5.74) is 0.113. The molecule has 5 nitrogen and oxygen atoms in total. The monoisotopic (exact) mass is 347 g/mol. The van der Waals surface area contributed by atoms with Crippen LogP contribution < -0.4 is 5.32 Å². The lowest BCUT2D eigenvalue weighted by Crippen LogP contribution is -2.35. The molecule has 0 aliphatic heterocycles. The van der Waals surface area contributed by atoms with Gasteiger partial charge in [0.05, 0.1) is 23.9 Å². The average Bonchev–Trinajstić information content (AvgIpc) is 2.61. The number of nitriles is 1. The summed E-state index contributed by atoms with van der Waals surface area (Å²) in [6, 6.07) is 9.26. The second-order valence-electron chi connectivity index (χ2n) is 5.12. The molecule has 2 aromatic rings. The molecule has 0 saturated heterocycles. The van der Waals surface area contributed by atoms with Crippen LogP contribution >= 0.6 is 0 Å². The second-order valence-corrected chi connectivity index (χ2v) is 5.12. The lowest BCUT2D eigenvalue weighted by molar-refractivity contribution is -0.116. The summed E-state index contributed by atoms with van der Waals surface area (Å²) in [6.07, 6.45) is 0. The summed E-state index contributed by atoms with van der Waals surface area (Å²) in [5, 5.41) is 10.8. The normalized spacial score (nSPS) is 10.0. The molecule has 2 amide bonds. The fraction of sp³-hybridized carbons (Fsp3) is 0.118. The number of amides is 2.